The van der Waals surface area contributed by atoms with E-state index in [1.54, 1.807) is 18.6 Å². The minimum atomic E-state index is -0.987. The lowest BCUT2D eigenvalue weighted by atomic mass is 9.79. The largest absolute Gasteiger partial charge is 0.487 e. The summed E-state index contributed by atoms with van der Waals surface area (Å²) in [7, 11) is 1.93. The molecular formula is C32H28ClFN4O2. The highest BCUT2D eigenvalue weighted by Gasteiger charge is 2.40. The lowest BCUT2D eigenvalue weighted by molar-refractivity contribution is 0.305. The van der Waals surface area contributed by atoms with Gasteiger partial charge in [0.15, 0.2) is 0 Å². The lowest BCUT2D eigenvalue weighted by Gasteiger charge is -2.37. The van der Waals surface area contributed by atoms with Crippen LogP contribution in [0.4, 0.5) is 4.39 Å². The molecule has 7 rings (SSSR count). The fourth-order valence-electron chi connectivity index (χ4n) is 6.08. The van der Waals surface area contributed by atoms with Crippen LogP contribution in [0.15, 0.2) is 84.0 Å². The van der Waals surface area contributed by atoms with E-state index < -0.39 is 12.2 Å². The van der Waals surface area contributed by atoms with Gasteiger partial charge in [-0.15, -0.1) is 0 Å². The third-order valence-corrected chi connectivity index (χ3v) is 8.39. The van der Waals surface area contributed by atoms with Crippen LogP contribution in [0.1, 0.15) is 41.3 Å². The van der Waals surface area contributed by atoms with Crippen LogP contribution in [0.5, 0.6) is 5.75 Å². The second kappa shape index (κ2) is 9.61. The Hall–Kier alpha value is -3.94. The second-order valence-electron chi connectivity index (χ2n) is 10.6. The summed E-state index contributed by atoms with van der Waals surface area (Å²) in [6.45, 7) is -0.146. The number of benzene rings is 3. The number of ether oxygens (including phenoxy) is 1. The van der Waals surface area contributed by atoms with E-state index in [1.807, 2.05) is 64.7 Å². The first-order valence-corrected chi connectivity index (χ1v) is 13.9. The van der Waals surface area contributed by atoms with Crippen molar-refractivity contribution < 1.29 is 9.13 Å². The van der Waals surface area contributed by atoms with Crippen molar-refractivity contribution in [1.29, 1.82) is 0 Å². The molecule has 6 bridgehead atoms. The number of halogens is 2. The average molecular weight is 555 g/mol. The first-order valence-electron chi connectivity index (χ1n) is 13.5. The molecule has 1 atom stereocenters. The van der Waals surface area contributed by atoms with Crippen LogP contribution in [0.25, 0.3) is 22.0 Å². The molecule has 40 heavy (non-hydrogen) atoms. The van der Waals surface area contributed by atoms with E-state index >= 15 is 0 Å². The highest BCUT2D eigenvalue weighted by atomic mass is 35.5. The van der Waals surface area contributed by atoms with Crippen molar-refractivity contribution in [2.24, 2.45) is 7.05 Å². The maximum atomic E-state index is 13.9. The molecule has 3 aromatic carbocycles. The van der Waals surface area contributed by atoms with Gasteiger partial charge in [-0.05, 0) is 71.0 Å². The molecule has 0 radical (unpaired) electrons. The summed E-state index contributed by atoms with van der Waals surface area (Å²) in [5, 5.41) is 4.98. The Morgan fingerprint density at radius 2 is 1.93 bits per heavy atom. The number of nitrogens with one attached hydrogen (secondary N) is 1. The Morgan fingerprint density at radius 3 is 2.70 bits per heavy atom. The first kappa shape index (κ1) is 25.1. The molecule has 202 valence electrons. The number of aryl methyl sites for hydroxylation is 1. The molecular weight excluding hydrogens is 527 g/mol. The maximum absolute atomic E-state index is 13.9. The monoisotopic (exact) mass is 554 g/mol. The Balaban J connectivity index is 1.63. The standard InChI is InChI=1S/C32H28ClFN4O2/c1-37-19-35-17-30(37)32(36-12-11-34)22-6-10-28-26(14-22)25(16-31(39)38(28)24-7-8-24)21-4-2-3-20(13-21)18-40-29-15-23(32)5-9-27(29)33/h2-6,9-10,13-17,19,24,36H,7-8,11-12,18H2,1H3. The van der Waals surface area contributed by atoms with Gasteiger partial charge in [0.1, 0.15) is 24.6 Å². The first-order chi connectivity index (χ1) is 19.5. The molecule has 2 aliphatic rings. The molecule has 1 aliphatic carbocycles. The zero-order valence-electron chi connectivity index (χ0n) is 22.0. The third-order valence-electron chi connectivity index (χ3n) is 8.08. The van der Waals surface area contributed by atoms with Gasteiger partial charge in [0, 0.05) is 31.1 Å². The summed E-state index contributed by atoms with van der Waals surface area (Å²) in [4.78, 5) is 17.9. The van der Waals surface area contributed by atoms with Crippen LogP contribution >= 0.6 is 11.6 Å². The van der Waals surface area contributed by atoms with Gasteiger partial charge in [-0.3, -0.25) is 10.1 Å². The van der Waals surface area contributed by atoms with Crippen molar-refractivity contribution in [3.05, 3.63) is 117 Å². The van der Waals surface area contributed by atoms with Crippen LogP contribution < -0.4 is 15.6 Å². The molecule has 1 aliphatic heterocycles. The summed E-state index contributed by atoms with van der Waals surface area (Å²) in [5.74, 6) is 0.532. The fraction of sp³-hybridized carbons (Fsp3) is 0.250. The van der Waals surface area contributed by atoms with Crippen LogP contribution in [0, 0.1) is 0 Å². The predicted octanol–water partition coefficient (Wildman–Crippen LogP) is 6.13. The van der Waals surface area contributed by atoms with Gasteiger partial charge in [0.25, 0.3) is 5.56 Å². The minimum absolute atomic E-state index is 0.00407. The fourth-order valence-corrected chi connectivity index (χ4v) is 6.25. The van der Waals surface area contributed by atoms with E-state index in [1.165, 1.54) is 0 Å². The zero-order valence-corrected chi connectivity index (χ0v) is 22.8. The van der Waals surface area contributed by atoms with Crippen molar-refractivity contribution in [2.45, 2.75) is 31.0 Å². The highest BCUT2D eigenvalue weighted by Crippen LogP contribution is 2.43. The smallest absolute Gasteiger partial charge is 0.251 e. The average Bonchev–Trinajstić information content (AvgIpc) is 3.71. The second-order valence-corrected chi connectivity index (χ2v) is 11.0. The molecule has 5 aromatic rings. The van der Waals surface area contributed by atoms with Gasteiger partial charge in [0.05, 0.1) is 28.8 Å². The zero-order chi connectivity index (χ0) is 27.4. The Labute approximate surface area is 236 Å². The van der Waals surface area contributed by atoms with E-state index in [-0.39, 0.29) is 18.1 Å². The molecule has 1 fully saturated rings. The van der Waals surface area contributed by atoms with Crippen molar-refractivity contribution >= 4 is 22.5 Å². The number of rotatable bonds is 5. The number of hydrogen-bond acceptors (Lipinski definition) is 4. The van der Waals surface area contributed by atoms with E-state index in [0.29, 0.717) is 17.4 Å². The van der Waals surface area contributed by atoms with E-state index in [0.717, 1.165) is 57.3 Å². The normalized spacial score (nSPS) is 18.2. The quantitative estimate of drug-likeness (QED) is 0.284. The van der Waals surface area contributed by atoms with Crippen molar-refractivity contribution in [3.8, 4) is 16.9 Å². The van der Waals surface area contributed by atoms with Gasteiger partial charge in [-0.1, -0.05) is 41.9 Å². The van der Waals surface area contributed by atoms with Crippen LogP contribution in [0.2, 0.25) is 5.02 Å². The molecule has 0 spiro atoms. The summed E-state index contributed by atoms with van der Waals surface area (Å²) < 4.78 is 24.0. The van der Waals surface area contributed by atoms with Crippen LogP contribution in [0.3, 0.4) is 0 Å². The Morgan fingerprint density at radius 1 is 1.10 bits per heavy atom. The van der Waals surface area contributed by atoms with Crippen LogP contribution in [-0.4, -0.2) is 27.3 Å². The molecule has 0 amide bonds. The van der Waals surface area contributed by atoms with E-state index in [4.69, 9.17) is 16.3 Å². The Bertz CT molecular complexity index is 1830. The van der Waals surface area contributed by atoms with Crippen molar-refractivity contribution in [2.75, 3.05) is 13.2 Å². The maximum Gasteiger partial charge on any atom is 0.251 e. The molecule has 1 unspecified atom stereocenters. The summed E-state index contributed by atoms with van der Waals surface area (Å²) in [5.41, 5.74) is 5.22. The van der Waals surface area contributed by atoms with Crippen LogP contribution in [-0.2, 0) is 19.2 Å². The lowest BCUT2D eigenvalue weighted by Crippen LogP contribution is -2.46. The highest BCUT2D eigenvalue weighted by molar-refractivity contribution is 6.32. The van der Waals surface area contributed by atoms with Gasteiger partial charge in [0.2, 0.25) is 0 Å². The van der Waals surface area contributed by atoms with Crippen molar-refractivity contribution in [3.63, 3.8) is 0 Å². The molecule has 8 heteroatoms. The van der Waals surface area contributed by atoms with Gasteiger partial charge < -0.3 is 13.9 Å². The third kappa shape index (κ3) is 3.95. The van der Waals surface area contributed by atoms with E-state index in [2.05, 4.69) is 22.4 Å². The van der Waals surface area contributed by atoms with Crippen molar-refractivity contribution in [1.82, 2.24) is 19.4 Å². The van der Waals surface area contributed by atoms with E-state index in [9.17, 15) is 9.18 Å². The van der Waals surface area contributed by atoms with Gasteiger partial charge in [-0.2, -0.15) is 0 Å². The van der Waals surface area contributed by atoms with Gasteiger partial charge >= 0.3 is 0 Å². The number of hydrogen-bond donors (Lipinski definition) is 1. The summed E-state index contributed by atoms with van der Waals surface area (Å²) >= 11 is 6.63. The summed E-state index contributed by atoms with van der Waals surface area (Å²) in [6, 6.07) is 21.9. The number of alkyl halides is 1. The number of nitrogens with zero attached hydrogens (tertiary/aromatic N) is 3. The molecule has 1 N–H and O–H groups in total. The molecule has 6 nitrogen and oxygen atoms in total. The molecule has 1 saturated carbocycles. The summed E-state index contributed by atoms with van der Waals surface area (Å²) in [6.07, 6.45) is 5.53. The number of fused-ring (bicyclic) bond motifs is 6. The molecule has 2 aromatic heterocycles. The number of aromatic nitrogens is 3. The topological polar surface area (TPSA) is 61.1 Å². The number of pyridine rings is 1. The number of imidazole rings is 1. The molecule has 3 heterocycles. The SMILES string of the molecule is Cn1cncc1C1(NCCF)c2ccc(Cl)c(c2)OCc2cccc(c2)-c2cc(=O)n(C3CC3)c3ccc1cc23. The molecule has 0 saturated heterocycles. The minimum Gasteiger partial charge on any atom is -0.487 e. The van der Waals surface area contributed by atoms with Gasteiger partial charge in [-0.25, -0.2) is 9.37 Å². The Kier molecular flexibility index (Phi) is 6.02. The predicted molar refractivity (Wildman–Crippen MR) is 155 cm³/mol.